The molecule has 0 atom stereocenters. The van der Waals surface area contributed by atoms with Crippen LogP contribution in [0.3, 0.4) is 0 Å². The third-order valence-corrected chi connectivity index (χ3v) is 2.57. The van der Waals surface area contributed by atoms with Crippen molar-refractivity contribution in [3.05, 3.63) is 28.8 Å². The van der Waals surface area contributed by atoms with Gasteiger partial charge in [-0.1, -0.05) is 25.4 Å². The number of halogens is 1. The maximum atomic E-state index is 10.8. The maximum absolute atomic E-state index is 10.8. The van der Waals surface area contributed by atoms with Crippen LogP contribution in [0.1, 0.15) is 25.8 Å². The second-order valence-corrected chi connectivity index (χ2v) is 4.07. The van der Waals surface area contributed by atoms with E-state index in [4.69, 9.17) is 11.6 Å². The number of ether oxygens (including phenoxy) is 1. The zero-order valence-electron chi connectivity index (χ0n) is 11.7. The number of hydrogen-bond acceptors (Lipinski definition) is 4. The van der Waals surface area contributed by atoms with Gasteiger partial charge in [0.1, 0.15) is 5.75 Å². The second kappa shape index (κ2) is 10.6. The van der Waals surface area contributed by atoms with Crippen molar-refractivity contribution in [2.75, 3.05) is 20.2 Å². The lowest BCUT2D eigenvalue weighted by molar-refractivity contribution is -0.139. The summed E-state index contributed by atoms with van der Waals surface area (Å²) >= 11 is 5.83. The van der Waals surface area contributed by atoms with E-state index in [1.807, 2.05) is 13.8 Å². The fourth-order valence-electron chi connectivity index (χ4n) is 1.42. The zero-order valence-corrected chi connectivity index (χ0v) is 12.5. The Morgan fingerprint density at radius 2 is 2.11 bits per heavy atom. The third-order valence-electron chi connectivity index (χ3n) is 2.34. The van der Waals surface area contributed by atoms with Crippen LogP contribution in [0.2, 0.25) is 5.02 Å². The first-order chi connectivity index (χ1) is 9.13. The number of hydrogen-bond donors (Lipinski definition) is 2. The van der Waals surface area contributed by atoms with Gasteiger partial charge >= 0.3 is 5.97 Å². The molecule has 0 aliphatic rings. The van der Waals surface area contributed by atoms with Gasteiger partial charge in [0.05, 0.1) is 13.7 Å². The Kier molecular flexibility index (Phi) is 9.94. The van der Waals surface area contributed by atoms with E-state index >= 15 is 0 Å². The molecular formula is C14H22ClNO3. The molecule has 0 saturated carbocycles. The first kappa shape index (κ1) is 17.7. The van der Waals surface area contributed by atoms with Crippen LogP contribution in [0.25, 0.3) is 0 Å². The summed E-state index contributed by atoms with van der Waals surface area (Å²) in [7, 11) is 1.36. The lowest BCUT2D eigenvalue weighted by Gasteiger charge is -2.06. The van der Waals surface area contributed by atoms with Gasteiger partial charge in [0.2, 0.25) is 0 Å². The lowest BCUT2D eigenvalue weighted by atomic mass is 10.1. The van der Waals surface area contributed by atoms with Gasteiger partial charge in [-0.05, 0) is 43.1 Å². The molecule has 0 bridgehead atoms. The van der Waals surface area contributed by atoms with E-state index in [-0.39, 0.29) is 18.3 Å². The highest BCUT2D eigenvalue weighted by atomic mass is 35.5. The monoisotopic (exact) mass is 287 g/mol. The van der Waals surface area contributed by atoms with Crippen molar-refractivity contribution < 1.29 is 14.6 Å². The van der Waals surface area contributed by atoms with Gasteiger partial charge < -0.3 is 15.2 Å². The number of methoxy groups -OCH3 is 1. The molecule has 19 heavy (non-hydrogen) atoms. The number of carbonyl (C=O) groups excluding carboxylic acids is 1. The number of nitrogens with one attached hydrogen (secondary N) is 1. The fraction of sp³-hybridized carbons (Fsp3) is 0.500. The smallest absolute Gasteiger partial charge is 0.319 e. The minimum absolute atomic E-state index is 0.206. The Labute approximate surface area is 119 Å². The Hall–Kier alpha value is -1.26. The summed E-state index contributed by atoms with van der Waals surface area (Å²) < 4.78 is 4.49. The molecule has 5 heteroatoms. The van der Waals surface area contributed by atoms with Gasteiger partial charge in [-0.3, -0.25) is 4.79 Å². The summed E-state index contributed by atoms with van der Waals surface area (Å²) in [5, 5.41) is 13.1. The summed E-state index contributed by atoms with van der Waals surface area (Å²) in [5.41, 5.74) is 0.817. The van der Waals surface area contributed by atoms with Crippen LogP contribution in [0, 0.1) is 0 Å². The van der Waals surface area contributed by atoms with E-state index < -0.39 is 0 Å². The molecule has 0 spiro atoms. The van der Waals surface area contributed by atoms with Crippen LogP contribution in [0.5, 0.6) is 5.75 Å². The predicted molar refractivity (Wildman–Crippen MR) is 77.7 cm³/mol. The minimum atomic E-state index is -0.282. The van der Waals surface area contributed by atoms with Crippen LogP contribution in [-0.2, 0) is 16.0 Å². The van der Waals surface area contributed by atoms with Crippen molar-refractivity contribution in [2.45, 2.75) is 26.7 Å². The van der Waals surface area contributed by atoms with Crippen LogP contribution < -0.4 is 5.32 Å². The first-order valence-electron chi connectivity index (χ1n) is 6.38. The summed E-state index contributed by atoms with van der Waals surface area (Å²) in [6, 6.07) is 4.98. The Morgan fingerprint density at radius 3 is 2.74 bits per heavy atom. The molecule has 1 rings (SSSR count). The number of carbonyl (C=O) groups is 1. The molecule has 0 unspecified atom stereocenters. The molecule has 1 aromatic carbocycles. The van der Waals surface area contributed by atoms with Crippen LogP contribution in [0.4, 0.5) is 0 Å². The molecule has 0 radical (unpaired) electrons. The summed E-state index contributed by atoms with van der Waals surface area (Å²) in [6.07, 6.45) is 1.52. The molecule has 4 nitrogen and oxygen atoms in total. The SMILES string of the molecule is CC.COC(=O)CNCCCc1cc(Cl)ccc1O. The quantitative estimate of drug-likeness (QED) is 0.624. The molecule has 0 fully saturated rings. The highest BCUT2D eigenvalue weighted by Crippen LogP contribution is 2.22. The Bertz CT molecular complexity index is 383. The number of rotatable bonds is 6. The number of benzene rings is 1. The van der Waals surface area contributed by atoms with Gasteiger partial charge in [0.15, 0.2) is 0 Å². The van der Waals surface area contributed by atoms with Crippen LogP contribution in [-0.4, -0.2) is 31.3 Å². The molecule has 2 N–H and O–H groups in total. The van der Waals surface area contributed by atoms with Gasteiger partial charge in [-0.15, -0.1) is 0 Å². The normalized spacial score (nSPS) is 9.47. The van der Waals surface area contributed by atoms with E-state index in [9.17, 15) is 9.90 Å². The van der Waals surface area contributed by atoms with E-state index in [0.717, 1.165) is 12.0 Å². The van der Waals surface area contributed by atoms with E-state index in [1.54, 1.807) is 18.2 Å². The Balaban J connectivity index is 0.00000154. The summed E-state index contributed by atoms with van der Waals surface area (Å²) in [5.74, 6) is -0.0297. The maximum Gasteiger partial charge on any atom is 0.319 e. The topological polar surface area (TPSA) is 58.6 Å². The minimum Gasteiger partial charge on any atom is -0.508 e. The lowest BCUT2D eigenvalue weighted by Crippen LogP contribution is -2.25. The number of aryl methyl sites for hydroxylation is 1. The molecule has 0 aliphatic heterocycles. The molecule has 0 saturated heterocycles. The van der Waals surface area contributed by atoms with Crippen molar-refractivity contribution >= 4 is 17.6 Å². The van der Waals surface area contributed by atoms with Gasteiger partial charge in [-0.2, -0.15) is 0 Å². The molecule has 1 aromatic rings. The van der Waals surface area contributed by atoms with Crippen molar-refractivity contribution in [1.29, 1.82) is 0 Å². The summed E-state index contributed by atoms with van der Waals surface area (Å²) in [4.78, 5) is 10.8. The number of phenols is 1. The molecule has 0 aromatic heterocycles. The van der Waals surface area contributed by atoms with E-state index in [2.05, 4.69) is 10.1 Å². The molecule has 0 heterocycles. The van der Waals surface area contributed by atoms with Gasteiger partial charge in [0.25, 0.3) is 0 Å². The molecule has 0 aliphatic carbocycles. The molecule has 108 valence electrons. The summed E-state index contributed by atoms with van der Waals surface area (Å²) in [6.45, 7) is 4.89. The number of esters is 1. The van der Waals surface area contributed by atoms with Crippen molar-refractivity contribution in [2.24, 2.45) is 0 Å². The fourth-order valence-corrected chi connectivity index (χ4v) is 1.62. The van der Waals surface area contributed by atoms with Crippen LogP contribution >= 0.6 is 11.6 Å². The highest BCUT2D eigenvalue weighted by Gasteiger charge is 2.02. The molecular weight excluding hydrogens is 266 g/mol. The highest BCUT2D eigenvalue weighted by molar-refractivity contribution is 6.30. The Morgan fingerprint density at radius 1 is 1.42 bits per heavy atom. The average Bonchev–Trinajstić information content (AvgIpc) is 2.44. The van der Waals surface area contributed by atoms with E-state index in [1.165, 1.54) is 7.11 Å². The average molecular weight is 288 g/mol. The zero-order chi connectivity index (χ0) is 14.7. The van der Waals surface area contributed by atoms with Gasteiger partial charge in [-0.25, -0.2) is 0 Å². The largest absolute Gasteiger partial charge is 0.508 e. The third kappa shape index (κ3) is 7.70. The second-order valence-electron chi connectivity index (χ2n) is 3.63. The molecule has 0 amide bonds. The standard InChI is InChI=1S/C12H16ClNO3.C2H6/c1-17-12(16)8-14-6-2-3-9-7-10(13)4-5-11(9)15;1-2/h4-5,7,14-15H,2-3,6,8H2,1H3;1-2H3. The van der Waals surface area contributed by atoms with Crippen molar-refractivity contribution in [3.63, 3.8) is 0 Å². The van der Waals surface area contributed by atoms with Crippen LogP contribution in [0.15, 0.2) is 18.2 Å². The van der Waals surface area contributed by atoms with E-state index in [0.29, 0.717) is 18.0 Å². The number of aromatic hydroxyl groups is 1. The predicted octanol–water partition coefficient (Wildman–Crippen LogP) is 2.77. The van der Waals surface area contributed by atoms with Gasteiger partial charge in [0, 0.05) is 5.02 Å². The van der Waals surface area contributed by atoms with Crippen molar-refractivity contribution in [1.82, 2.24) is 5.32 Å². The van der Waals surface area contributed by atoms with Crippen molar-refractivity contribution in [3.8, 4) is 5.75 Å². The first-order valence-corrected chi connectivity index (χ1v) is 6.76. The number of phenolic OH excluding ortho intramolecular Hbond substituents is 1.